The van der Waals surface area contributed by atoms with E-state index >= 15 is 0 Å². The summed E-state index contributed by atoms with van der Waals surface area (Å²) < 4.78 is 11.5. The van der Waals surface area contributed by atoms with E-state index in [4.69, 9.17) is 9.47 Å². The molecule has 0 unspecified atom stereocenters. The number of aromatic nitrogens is 3. The van der Waals surface area contributed by atoms with Gasteiger partial charge in [0.15, 0.2) is 0 Å². The molecule has 1 aromatic carbocycles. The Morgan fingerprint density at radius 1 is 1.00 bits per heavy atom. The lowest BCUT2D eigenvalue weighted by atomic mass is 10.1. The van der Waals surface area contributed by atoms with Crippen LogP contribution in [0.15, 0.2) is 36.4 Å². The van der Waals surface area contributed by atoms with E-state index in [0.29, 0.717) is 19.1 Å². The Morgan fingerprint density at radius 3 is 3.00 bits per heavy atom. The molecule has 3 aromatic rings. The van der Waals surface area contributed by atoms with E-state index < -0.39 is 0 Å². The smallest absolute Gasteiger partial charge is 0.213 e. The van der Waals surface area contributed by atoms with Gasteiger partial charge in [-0.3, -0.25) is 5.10 Å². The van der Waals surface area contributed by atoms with E-state index in [1.165, 1.54) is 0 Å². The van der Waals surface area contributed by atoms with Gasteiger partial charge in [-0.1, -0.05) is 6.07 Å². The number of fused-ring (bicyclic) bond motifs is 4. The number of H-pyrrole nitrogens is 1. The lowest BCUT2D eigenvalue weighted by molar-refractivity contribution is 0.289. The van der Waals surface area contributed by atoms with Crippen molar-refractivity contribution in [3.63, 3.8) is 0 Å². The molecule has 0 radical (unpaired) electrons. The van der Waals surface area contributed by atoms with Crippen LogP contribution < -0.4 is 14.8 Å². The highest BCUT2D eigenvalue weighted by Gasteiger charge is 2.12. The number of nitrogens with zero attached hydrogens (tertiary/aromatic N) is 2. The second-order valence-electron chi connectivity index (χ2n) is 5.44. The van der Waals surface area contributed by atoms with Crippen LogP contribution in [0.2, 0.25) is 0 Å². The zero-order valence-electron chi connectivity index (χ0n) is 12.7. The fourth-order valence-electron chi connectivity index (χ4n) is 2.65. The molecule has 0 fully saturated rings. The average Bonchev–Trinajstić information content (AvgIpc) is 3.00. The van der Waals surface area contributed by atoms with Gasteiger partial charge in [0.05, 0.1) is 17.8 Å². The molecule has 4 bridgehead atoms. The molecule has 2 N–H and O–H groups in total. The molecule has 0 saturated carbocycles. The molecule has 0 atom stereocenters. The number of nitrogens with one attached hydrogen (secondary N) is 2. The summed E-state index contributed by atoms with van der Waals surface area (Å²) >= 11 is 0. The Kier molecular flexibility index (Phi) is 3.81. The van der Waals surface area contributed by atoms with Crippen LogP contribution >= 0.6 is 0 Å². The molecule has 2 aromatic heterocycles. The Labute approximate surface area is 133 Å². The van der Waals surface area contributed by atoms with Crippen LogP contribution in [0.3, 0.4) is 0 Å². The third-order valence-electron chi connectivity index (χ3n) is 3.80. The van der Waals surface area contributed by atoms with Crippen molar-refractivity contribution in [2.24, 2.45) is 0 Å². The van der Waals surface area contributed by atoms with Gasteiger partial charge in [0.1, 0.15) is 18.1 Å². The SMILES string of the molecule is c1cc2nc(c1)-c1n[nH]c3ccc(cc13)OCCCNCCO2. The second-order valence-corrected chi connectivity index (χ2v) is 5.44. The number of rotatable bonds is 0. The highest BCUT2D eigenvalue weighted by Crippen LogP contribution is 2.29. The van der Waals surface area contributed by atoms with Gasteiger partial charge < -0.3 is 14.8 Å². The van der Waals surface area contributed by atoms with E-state index in [0.717, 1.165) is 47.6 Å². The summed E-state index contributed by atoms with van der Waals surface area (Å²) in [4.78, 5) is 4.56. The van der Waals surface area contributed by atoms with Gasteiger partial charge in [-0.25, -0.2) is 4.98 Å². The standard InChI is InChI=1S/C17H18N4O2/c1-3-15-17-13-11-12(5-6-14(13)20-21-17)22-9-2-7-18-8-10-23-16(4-1)19-15/h1,3-6,11,18H,2,7-10H2,(H,20,21). The Hall–Kier alpha value is -2.60. The highest BCUT2D eigenvalue weighted by atomic mass is 16.5. The second kappa shape index (κ2) is 6.26. The minimum Gasteiger partial charge on any atom is -0.494 e. The topological polar surface area (TPSA) is 72.1 Å². The van der Waals surface area contributed by atoms with Crippen molar-refractivity contribution >= 4 is 10.9 Å². The molecule has 6 nitrogen and oxygen atoms in total. The van der Waals surface area contributed by atoms with Crippen LogP contribution in [0, 0.1) is 0 Å². The van der Waals surface area contributed by atoms with Crippen LogP contribution in [0.4, 0.5) is 0 Å². The van der Waals surface area contributed by atoms with Crippen LogP contribution in [0.25, 0.3) is 22.3 Å². The van der Waals surface area contributed by atoms with Gasteiger partial charge in [-0.05, 0) is 37.2 Å². The van der Waals surface area contributed by atoms with Crippen molar-refractivity contribution in [3.8, 4) is 23.0 Å². The molecule has 23 heavy (non-hydrogen) atoms. The zero-order chi connectivity index (χ0) is 15.5. The van der Waals surface area contributed by atoms with Crippen molar-refractivity contribution < 1.29 is 9.47 Å². The van der Waals surface area contributed by atoms with Gasteiger partial charge in [0.2, 0.25) is 5.88 Å². The van der Waals surface area contributed by atoms with Crippen LogP contribution in [-0.2, 0) is 0 Å². The lowest BCUT2D eigenvalue weighted by Crippen LogP contribution is -2.23. The first-order valence-corrected chi connectivity index (χ1v) is 7.82. The number of benzene rings is 1. The first kappa shape index (κ1) is 14.0. The minimum absolute atomic E-state index is 0.584. The minimum atomic E-state index is 0.584. The Balaban J connectivity index is 1.78. The zero-order valence-corrected chi connectivity index (χ0v) is 12.7. The van der Waals surface area contributed by atoms with Crippen molar-refractivity contribution in [3.05, 3.63) is 36.4 Å². The van der Waals surface area contributed by atoms with E-state index in [2.05, 4.69) is 20.5 Å². The van der Waals surface area contributed by atoms with Crippen LogP contribution in [0.1, 0.15) is 6.42 Å². The lowest BCUT2D eigenvalue weighted by Gasteiger charge is -2.08. The van der Waals surface area contributed by atoms with Gasteiger partial charge in [-0.15, -0.1) is 0 Å². The fourth-order valence-corrected chi connectivity index (χ4v) is 2.65. The first-order valence-electron chi connectivity index (χ1n) is 7.82. The average molecular weight is 310 g/mol. The van der Waals surface area contributed by atoms with Crippen molar-refractivity contribution in [1.29, 1.82) is 0 Å². The number of pyridine rings is 1. The summed E-state index contributed by atoms with van der Waals surface area (Å²) in [5, 5.41) is 11.8. The molecular weight excluding hydrogens is 292 g/mol. The third-order valence-corrected chi connectivity index (χ3v) is 3.80. The summed E-state index contributed by atoms with van der Waals surface area (Å²) in [6.07, 6.45) is 0.947. The van der Waals surface area contributed by atoms with Crippen molar-refractivity contribution in [1.82, 2.24) is 20.5 Å². The Morgan fingerprint density at radius 2 is 2.00 bits per heavy atom. The summed E-state index contributed by atoms with van der Waals surface area (Å²) in [6.45, 7) is 2.95. The molecule has 1 aliphatic heterocycles. The Bertz CT molecular complexity index is 815. The number of hydrogen-bond acceptors (Lipinski definition) is 5. The van der Waals surface area contributed by atoms with Crippen molar-refractivity contribution in [2.75, 3.05) is 26.3 Å². The molecule has 6 heteroatoms. The molecule has 0 aliphatic carbocycles. The van der Waals surface area contributed by atoms with Crippen LogP contribution in [0.5, 0.6) is 11.6 Å². The third kappa shape index (κ3) is 2.98. The summed E-state index contributed by atoms with van der Waals surface area (Å²) in [6, 6.07) is 11.7. The maximum atomic E-state index is 5.83. The molecule has 118 valence electrons. The first-order chi connectivity index (χ1) is 11.4. The maximum absolute atomic E-state index is 5.83. The maximum Gasteiger partial charge on any atom is 0.213 e. The van der Waals surface area contributed by atoms with Gasteiger partial charge in [0.25, 0.3) is 0 Å². The summed E-state index contributed by atoms with van der Waals surface area (Å²) in [5.74, 6) is 1.46. The van der Waals surface area contributed by atoms with E-state index in [1.54, 1.807) is 0 Å². The monoisotopic (exact) mass is 310 g/mol. The molecule has 1 aliphatic rings. The molecule has 0 spiro atoms. The summed E-state index contributed by atoms with van der Waals surface area (Å²) in [7, 11) is 0. The predicted molar refractivity (Wildman–Crippen MR) is 87.8 cm³/mol. The summed E-state index contributed by atoms with van der Waals surface area (Å²) in [5.41, 5.74) is 2.56. The fraction of sp³-hybridized carbons (Fsp3) is 0.294. The predicted octanol–water partition coefficient (Wildman–Crippen LogP) is 2.38. The highest BCUT2D eigenvalue weighted by molar-refractivity contribution is 5.92. The molecule has 0 saturated heterocycles. The van der Waals surface area contributed by atoms with Gasteiger partial charge >= 0.3 is 0 Å². The molecule has 0 amide bonds. The van der Waals surface area contributed by atoms with Gasteiger partial charge in [-0.2, -0.15) is 5.10 Å². The normalized spacial score (nSPS) is 15.5. The largest absolute Gasteiger partial charge is 0.494 e. The molecule has 4 rings (SSSR count). The van der Waals surface area contributed by atoms with Gasteiger partial charge in [0, 0.05) is 18.0 Å². The van der Waals surface area contributed by atoms with E-state index in [-0.39, 0.29) is 0 Å². The quantitative estimate of drug-likeness (QED) is 0.667. The molecular formula is C17H18N4O2. The van der Waals surface area contributed by atoms with Crippen molar-refractivity contribution in [2.45, 2.75) is 6.42 Å². The number of ether oxygens (including phenoxy) is 2. The van der Waals surface area contributed by atoms with E-state index in [9.17, 15) is 0 Å². The number of hydrogen-bond donors (Lipinski definition) is 2. The molecule has 3 heterocycles. The number of aromatic amines is 1. The van der Waals surface area contributed by atoms with Crippen LogP contribution in [-0.4, -0.2) is 41.5 Å². The van der Waals surface area contributed by atoms with E-state index in [1.807, 2.05) is 36.4 Å².